The van der Waals surface area contributed by atoms with E-state index in [0.717, 1.165) is 19.4 Å². The molecular formula is C17H23NO3. The Morgan fingerprint density at radius 1 is 1.43 bits per heavy atom. The molecule has 1 aliphatic heterocycles. The van der Waals surface area contributed by atoms with Crippen LogP contribution in [-0.4, -0.2) is 29.8 Å². The summed E-state index contributed by atoms with van der Waals surface area (Å²) in [5, 5.41) is 12.9. The summed E-state index contributed by atoms with van der Waals surface area (Å²) in [6, 6.07) is 7.16. The Bertz CT molecular complexity index is 541. The molecule has 0 aromatic heterocycles. The maximum absolute atomic E-state index is 12.3. The van der Waals surface area contributed by atoms with Gasteiger partial charge < -0.3 is 15.2 Å². The van der Waals surface area contributed by atoms with Gasteiger partial charge in [-0.25, -0.2) is 0 Å². The van der Waals surface area contributed by atoms with Crippen molar-refractivity contribution in [3.05, 3.63) is 29.8 Å². The van der Waals surface area contributed by atoms with E-state index < -0.39 is 0 Å². The van der Waals surface area contributed by atoms with Crippen LogP contribution < -0.4 is 5.32 Å². The third-order valence-corrected chi connectivity index (χ3v) is 4.99. The van der Waals surface area contributed by atoms with Crippen LogP contribution in [0.5, 0.6) is 5.75 Å². The number of carbonyl (C=O) groups is 1. The fourth-order valence-electron chi connectivity index (χ4n) is 3.87. The lowest BCUT2D eigenvalue weighted by Gasteiger charge is -2.59. The summed E-state index contributed by atoms with van der Waals surface area (Å²) in [4.78, 5) is 12.3. The van der Waals surface area contributed by atoms with Gasteiger partial charge in [0.05, 0.1) is 12.5 Å². The normalized spacial score (nSPS) is 30.1. The summed E-state index contributed by atoms with van der Waals surface area (Å²) < 4.78 is 5.85. The second-order valence-electron chi connectivity index (χ2n) is 6.77. The van der Waals surface area contributed by atoms with Gasteiger partial charge in [-0.1, -0.05) is 32.0 Å². The van der Waals surface area contributed by atoms with Crippen molar-refractivity contribution in [1.82, 2.24) is 5.32 Å². The van der Waals surface area contributed by atoms with Crippen molar-refractivity contribution in [2.24, 2.45) is 11.3 Å². The molecule has 0 radical (unpaired) electrons. The van der Waals surface area contributed by atoms with Crippen molar-refractivity contribution < 1.29 is 14.6 Å². The molecule has 2 fully saturated rings. The molecule has 2 N–H and O–H groups in total. The molecule has 1 aliphatic carbocycles. The van der Waals surface area contributed by atoms with Crippen LogP contribution >= 0.6 is 0 Å². The zero-order chi connectivity index (χ0) is 15.0. The fourth-order valence-corrected chi connectivity index (χ4v) is 3.87. The maximum atomic E-state index is 12.3. The number of phenols is 1. The number of phenolic OH excluding ortho intramolecular Hbond substituents is 1. The van der Waals surface area contributed by atoms with Gasteiger partial charge in [0.1, 0.15) is 5.75 Å². The van der Waals surface area contributed by atoms with Crippen molar-refractivity contribution >= 4 is 5.91 Å². The average molecular weight is 289 g/mol. The van der Waals surface area contributed by atoms with E-state index in [9.17, 15) is 9.90 Å². The Labute approximate surface area is 125 Å². The standard InChI is InChI=1S/C17H23NO3/c1-17(2)15(12-7-5-9-21-16(12)17)18-14(20)10-11-6-3-4-8-13(11)19/h3-4,6,8,12,15-16,19H,5,7,9-10H2,1-2H3,(H,18,20)/t12-,15-,16-/m1/s1. The molecular weight excluding hydrogens is 266 g/mol. The first-order chi connectivity index (χ1) is 10.00. The van der Waals surface area contributed by atoms with Gasteiger partial charge >= 0.3 is 0 Å². The molecule has 4 nitrogen and oxygen atoms in total. The van der Waals surface area contributed by atoms with Crippen molar-refractivity contribution in [3.8, 4) is 5.75 Å². The highest BCUT2D eigenvalue weighted by atomic mass is 16.5. The Balaban J connectivity index is 1.64. The van der Waals surface area contributed by atoms with Crippen LogP contribution in [0.2, 0.25) is 0 Å². The van der Waals surface area contributed by atoms with Crippen molar-refractivity contribution in [3.63, 3.8) is 0 Å². The summed E-state index contributed by atoms with van der Waals surface area (Å²) >= 11 is 0. The SMILES string of the molecule is CC1(C)[C@H](NC(=O)Cc2ccccc2O)[C@H]2CCCO[C@H]21. The molecule has 2 aliphatic rings. The molecule has 1 aromatic carbocycles. The van der Waals surface area contributed by atoms with Gasteiger partial charge in [-0.3, -0.25) is 4.79 Å². The molecule has 0 bridgehead atoms. The summed E-state index contributed by atoms with van der Waals surface area (Å²) in [5.41, 5.74) is 0.656. The largest absolute Gasteiger partial charge is 0.508 e. The molecule has 1 heterocycles. The predicted octanol–water partition coefficient (Wildman–Crippen LogP) is 2.25. The Morgan fingerprint density at radius 3 is 2.95 bits per heavy atom. The van der Waals surface area contributed by atoms with Gasteiger partial charge in [0.2, 0.25) is 5.91 Å². The molecule has 4 heteroatoms. The second-order valence-corrected chi connectivity index (χ2v) is 6.77. The number of para-hydroxylation sites is 1. The highest BCUT2D eigenvalue weighted by Crippen LogP contribution is 2.51. The Morgan fingerprint density at radius 2 is 2.19 bits per heavy atom. The number of amides is 1. The van der Waals surface area contributed by atoms with Crippen molar-refractivity contribution in [2.45, 2.75) is 45.3 Å². The fraction of sp³-hybridized carbons (Fsp3) is 0.588. The topological polar surface area (TPSA) is 58.6 Å². The predicted molar refractivity (Wildman–Crippen MR) is 80.0 cm³/mol. The van der Waals surface area contributed by atoms with Gasteiger partial charge in [-0.2, -0.15) is 0 Å². The lowest BCUT2D eigenvalue weighted by Crippen LogP contribution is -2.70. The molecule has 0 unspecified atom stereocenters. The number of ether oxygens (including phenoxy) is 1. The number of aromatic hydroxyl groups is 1. The minimum absolute atomic E-state index is 0.0144. The van der Waals surface area contributed by atoms with E-state index in [4.69, 9.17) is 4.74 Å². The van der Waals surface area contributed by atoms with E-state index >= 15 is 0 Å². The summed E-state index contributed by atoms with van der Waals surface area (Å²) in [6.45, 7) is 5.15. The van der Waals surface area contributed by atoms with Crippen LogP contribution in [0.15, 0.2) is 24.3 Å². The van der Waals surface area contributed by atoms with Gasteiger partial charge in [-0.05, 0) is 18.9 Å². The second kappa shape index (κ2) is 5.34. The minimum Gasteiger partial charge on any atom is -0.508 e. The maximum Gasteiger partial charge on any atom is 0.224 e. The average Bonchev–Trinajstić information content (AvgIpc) is 2.47. The molecule has 1 amide bonds. The monoisotopic (exact) mass is 289 g/mol. The first-order valence-corrected chi connectivity index (χ1v) is 7.68. The van der Waals surface area contributed by atoms with Crippen molar-refractivity contribution in [1.29, 1.82) is 0 Å². The molecule has 114 valence electrons. The van der Waals surface area contributed by atoms with Crippen LogP contribution in [0.4, 0.5) is 0 Å². The van der Waals surface area contributed by atoms with Gasteiger partial charge in [0, 0.05) is 29.5 Å². The number of rotatable bonds is 3. The van der Waals surface area contributed by atoms with Crippen LogP contribution in [0.1, 0.15) is 32.3 Å². The van der Waals surface area contributed by atoms with E-state index in [0.29, 0.717) is 11.5 Å². The molecule has 1 saturated heterocycles. The van der Waals surface area contributed by atoms with Crippen molar-refractivity contribution in [2.75, 3.05) is 6.61 Å². The van der Waals surface area contributed by atoms with Crippen LogP contribution in [0, 0.1) is 11.3 Å². The van der Waals surface area contributed by atoms with Crippen LogP contribution in [0.25, 0.3) is 0 Å². The van der Waals surface area contributed by atoms with Gasteiger partial charge in [-0.15, -0.1) is 0 Å². The van der Waals surface area contributed by atoms with E-state index in [1.165, 1.54) is 0 Å². The van der Waals surface area contributed by atoms with E-state index in [-0.39, 0.29) is 35.6 Å². The molecule has 1 aromatic rings. The van der Waals surface area contributed by atoms with Crippen LogP contribution in [0.3, 0.4) is 0 Å². The first kappa shape index (κ1) is 14.4. The summed E-state index contributed by atoms with van der Waals surface area (Å²) in [6.07, 6.45) is 2.68. The molecule has 3 atom stereocenters. The lowest BCUT2D eigenvalue weighted by atomic mass is 9.55. The van der Waals surface area contributed by atoms with E-state index in [2.05, 4.69) is 19.2 Å². The third kappa shape index (κ3) is 2.53. The molecule has 1 saturated carbocycles. The quantitative estimate of drug-likeness (QED) is 0.897. The first-order valence-electron chi connectivity index (χ1n) is 7.68. The number of carbonyl (C=O) groups excluding carboxylic acids is 1. The highest BCUT2D eigenvalue weighted by Gasteiger charge is 2.58. The molecule has 3 rings (SSSR count). The molecule has 0 spiro atoms. The number of benzene rings is 1. The Hall–Kier alpha value is -1.55. The van der Waals surface area contributed by atoms with E-state index in [1.54, 1.807) is 18.2 Å². The highest BCUT2D eigenvalue weighted by molar-refractivity contribution is 5.79. The summed E-state index contributed by atoms with van der Waals surface area (Å²) in [7, 11) is 0. The Kier molecular flexibility index (Phi) is 3.66. The van der Waals surface area contributed by atoms with Crippen LogP contribution in [-0.2, 0) is 16.0 Å². The third-order valence-electron chi connectivity index (χ3n) is 4.99. The summed E-state index contributed by atoms with van der Waals surface area (Å²) in [5.74, 6) is 0.583. The zero-order valence-corrected chi connectivity index (χ0v) is 12.6. The zero-order valence-electron chi connectivity index (χ0n) is 12.6. The lowest BCUT2D eigenvalue weighted by molar-refractivity contribution is -0.193. The van der Waals surface area contributed by atoms with E-state index in [1.807, 2.05) is 6.07 Å². The minimum atomic E-state index is -0.0291. The molecule has 21 heavy (non-hydrogen) atoms. The van der Waals surface area contributed by atoms with Gasteiger partial charge in [0.15, 0.2) is 0 Å². The number of fused-ring (bicyclic) bond motifs is 1. The number of hydrogen-bond acceptors (Lipinski definition) is 3. The van der Waals surface area contributed by atoms with Gasteiger partial charge in [0.25, 0.3) is 0 Å². The smallest absolute Gasteiger partial charge is 0.224 e. The number of hydrogen-bond donors (Lipinski definition) is 2. The number of nitrogens with one attached hydrogen (secondary N) is 1.